The third-order valence-corrected chi connectivity index (χ3v) is 5.41. The number of amides is 1. The predicted octanol–water partition coefficient (Wildman–Crippen LogP) is 5.10. The predicted molar refractivity (Wildman–Crippen MR) is 126 cm³/mol. The lowest BCUT2D eigenvalue weighted by atomic mass is 10.1. The fraction of sp³-hybridized carbons (Fsp3) is 0.154. The van der Waals surface area contributed by atoms with Gasteiger partial charge in [0.05, 0.1) is 0 Å². The van der Waals surface area contributed by atoms with Crippen molar-refractivity contribution in [1.29, 1.82) is 5.41 Å². The van der Waals surface area contributed by atoms with Crippen molar-refractivity contribution in [3.8, 4) is 5.75 Å². The summed E-state index contributed by atoms with van der Waals surface area (Å²) in [6.07, 6.45) is 3.52. The minimum atomic E-state index is -0.479. The lowest BCUT2D eigenvalue weighted by Gasteiger charge is -2.08. The molecule has 4 rings (SSSR count). The molecule has 4 N–H and O–H groups in total. The van der Waals surface area contributed by atoms with Crippen molar-refractivity contribution in [2.45, 2.75) is 27.3 Å². The van der Waals surface area contributed by atoms with Gasteiger partial charge in [0.15, 0.2) is 0 Å². The average molecular weight is 414 g/mol. The number of aryl methyl sites for hydroxylation is 3. The smallest absolute Gasteiger partial charge is 0.248 e. The second kappa shape index (κ2) is 9.30. The van der Waals surface area contributed by atoms with Gasteiger partial charge in [0, 0.05) is 41.0 Å². The molecule has 0 fully saturated rings. The van der Waals surface area contributed by atoms with Crippen LogP contribution in [-0.4, -0.2) is 21.8 Å². The molecule has 0 saturated carbocycles. The van der Waals surface area contributed by atoms with Gasteiger partial charge in [-0.2, -0.15) is 0 Å². The lowest BCUT2D eigenvalue weighted by molar-refractivity contribution is 0.1000. The normalized spacial score (nSPS) is 10.4. The van der Waals surface area contributed by atoms with Gasteiger partial charge in [-0.1, -0.05) is 30.3 Å². The summed E-state index contributed by atoms with van der Waals surface area (Å²) in [4.78, 5) is 10.6. The molecule has 0 aliphatic carbocycles. The number of carbonyl (C=O) groups is 1. The summed E-state index contributed by atoms with van der Waals surface area (Å²) in [6, 6.07) is 19.3. The van der Waals surface area contributed by atoms with E-state index in [-0.39, 0.29) is 5.75 Å². The van der Waals surface area contributed by atoms with Crippen molar-refractivity contribution >= 4 is 23.0 Å². The van der Waals surface area contributed by atoms with Crippen LogP contribution in [0.5, 0.6) is 5.75 Å². The van der Waals surface area contributed by atoms with Crippen molar-refractivity contribution in [2.75, 3.05) is 0 Å². The maximum atomic E-state index is 10.6. The van der Waals surface area contributed by atoms with E-state index in [2.05, 4.69) is 54.9 Å². The van der Waals surface area contributed by atoms with Gasteiger partial charge in [0.2, 0.25) is 5.91 Å². The summed E-state index contributed by atoms with van der Waals surface area (Å²) in [6.45, 7) is 6.87. The quantitative estimate of drug-likeness (QED) is 0.406. The number of phenolic OH excluding ortho intramolecular Hbond substituents is 1. The number of nitrogens with one attached hydrogen (secondary N) is 1. The number of primary amides is 1. The zero-order valence-electron chi connectivity index (χ0n) is 18.0. The van der Waals surface area contributed by atoms with Crippen LogP contribution in [0.4, 0.5) is 0 Å². The van der Waals surface area contributed by atoms with E-state index in [1.54, 1.807) is 13.0 Å². The fourth-order valence-corrected chi connectivity index (χ4v) is 3.42. The first kappa shape index (κ1) is 21.8. The van der Waals surface area contributed by atoms with Crippen LogP contribution in [0.15, 0.2) is 66.9 Å². The highest BCUT2D eigenvalue weighted by molar-refractivity contribution is 5.98. The van der Waals surface area contributed by atoms with E-state index in [4.69, 9.17) is 16.2 Å². The second-order valence-corrected chi connectivity index (χ2v) is 7.65. The molecule has 1 heterocycles. The molecule has 0 saturated heterocycles. The number of nitrogens with two attached hydrogens (primary N) is 1. The van der Waals surface area contributed by atoms with Crippen molar-refractivity contribution < 1.29 is 9.90 Å². The highest BCUT2D eigenvalue weighted by Crippen LogP contribution is 2.21. The van der Waals surface area contributed by atoms with E-state index in [1.807, 2.05) is 12.1 Å². The molecular formula is C26H27N3O2. The maximum absolute atomic E-state index is 10.6. The van der Waals surface area contributed by atoms with Crippen LogP contribution >= 0.6 is 0 Å². The minimum absolute atomic E-state index is 0.176. The summed E-state index contributed by atoms with van der Waals surface area (Å²) in [5.74, 6) is -0.303. The van der Waals surface area contributed by atoms with Gasteiger partial charge in [-0.3, -0.25) is 4.79 Å². The third-order valence-electron chi connectivity index (χ3n) is 5.41. The monoisotopic (exact) mass is 413 g/mol. The first-order valence-electron chi connectivity index (χ1n) is 10.0. The van der Waals surface area contributed by atoms with E-state index in [1.165, 1.54) is 40.6 Å². The summed E-state index contributed by atoms with van der Waals surface area (Å²) in [5, 5.41) is 17.7. The second-order valence-electron chi connectivity index (χ2n) is 7.65. The average Bonchev–Trinajstić information content (AvgIpc) is 3.16. The molecular weight excluding hydrogens is 386 g/mol. The van der Waals surface area contributed by atoms with Gasteiger partial charge >= 0.3 is 0 Å². The number of aromatic nitrogens is 1. The maximum Gasteiger partial charge on any atom is 0.248 e. The Balaban J connectivity index is 0.000000210. The molecule has 0 unspecified atom stereocenters. The zero-order chi connectivity index (χ0) is 22.5. The van der Waals surface area contributed by atoms with Crippen LogP contribution in [0.25, 0.3) is 10.9 Å². The molecule has 0 atom stereocenters. The number of benzene rings is 3. The molecule has 4 aromatic rings. The molecule has 0 radical (unpaired) electrons. The van der Waals surface area contributed by atoms with Crippen LogP contribution in [-0.2, 0) is 6.54 Å². The molecule has 5 nitrogen and oxygen atoms in total. The number of phenols is 1. The number of hydrogen-bond donors (Lipinski definition) is 3. The van der Waals surface area contributed by atoms with Gasteiger partial charge in [-0.05, 0) is 73.4 Å². The van der Waals surface area contributed by atoms with E-state index >= 15 is 0 Å². The van der Waals surface area contributed by atoms with Gasteiger partial charge in [0.25, 0.3) is 0 Å². The van der Waals surface area contributed by atoms with Crippen LogP contribution in [0, 0.1) is 26.2 Å². The standard InChI is InChI=1S/C18H18N2.C8H9NO2/c1-13-6-7-15(10-14(13)2)12-20-9-8-17-16(11-19)4-3-5-18(17)20;1-5-4-6(8(9)11)2-3-7(5)10/h3-11,19H,12H2,1-2H3;2-4,10H,1H3,(H2,9,11). The largest absolute Gasteiger partial charge is 0.508 e. The molecule has 31 heavy (non-hydrogen) atoms. The molecule has 1 aromatic heterocycles. The molecule has 3 aromatic carbocycles. The minimum Gasteiger partial charge on any atom is -0.508 e. The zero-order valence-corrected chi connectivity index (χ0v) is 18.0. The van der Waals surface area contributed by atoms with Gasteiger partial charge in [0.1, 0.15) is 5.75 Å². The Hall–Kier alpha value is -3.86. The Bertz CT molecular complexity index is 1250. The van der Waals surface area contributed by atoms with Crippen molar-refractivity contribution in [3.05, 3.63) is 100 Å². The summed E-state index contributed by atoms with van der Waals surface area (Å²) >= 11 is 0. The van der Waals surface area contributed by atoms with E-state index in [9.17, 15) is 4.79 Å². The Morgan fingerprint density at radius 1 is 1.00 bits per heavy atom. The Kier molecular flexibility index (Phi) is 6.55. The lowest BCUT2D eigenvalue weighted by Crippen LogP contribution is -2.10. The van der Waals surface area contributed by atoms with Gasteiger partial charge < -0.3 is 20.8 Å². The van der Waals surface area contributed by atoms with Crippen LogP contribution < -0.4 is 5.73 Å². The summed E-state index contributed by atoms with van der Waals surface area (Å²) in [5.41, 5.74) is 12.2. The SMILES string of the molecule is Cc1cc(C(N)=O)ccc1O.Cc1ccc(Cn2ccc3c(C=N)cccc32)cc1C. The topological polar surface area (TPSA) is 92.1 Å². The number of hydrogen-bond acceptors (Lipinski definition) is 3. The van der Waals surface area contributed by atoms with Crippen LogP contribution in [0.2, 0.25) is 0 Å². The number of rotatable bonds is 4. The third kappa shape index (κ3) is 5.01. The summed E-state index contributed by atoms with van der Waals surface area (Å²) in [7, 11) is 0. The number of fused-ring (bicyclic) bond motifs is 1. The highest BCUT2D eigenvalue weighted by atomic mass is 16.3. The molecule has 158 valence electrons. The van der Waals surface area contributed by atoms with Crippen molar-refractivity contribution in [1.82, 2.24) is 4.57 Å². The number of carbonyl (C=O) groups excluding carboxylic acids is 1. The highest BCUT2D eigenvalue weighted by Gasteiger charge is 2.05. The first-order chi connectivity index (χ1) is 14.8. The summed E-state index contributed by atoms with van der Waals surface area (Å²) < 4.78 is 2.24. The molecule has 0 aliphatic heterocycles. The van der Waals surface area contributed by atoms with Gasteiger partial charge in [-0.15, -0.1) is 0 Å². The fourth-order valence-electron chi connectivity index (χ4n) is 3.42. The van der Waals surface area contributed by atoms with Gasteiger partial charge in [-0.25, -0.2) is 0 Å². The van der Waals surface area contributed by atoms with E-state index < -0.39 is 5.91 Å². The molecule has 0 spiro atoms. The van der Waals surface area contributed by atoms with Crippen molar-refractivity contribution in [2.24, 2.45) is 5.73 Å². The van der Waals surface area contributed by atoms with E-state index in [0.29, 0.717) is 11.1 Å². The molecule has 0 aliphatic rings. The van der Waals surface area contributed by atoms with E-state index in [0.717, 1.165) is 17.5 Å². The number of aromatic hydroxyl groups is 1. The van der Waals surface area contributed by atoms with Crippen LogP contribution in [0.3, 0.4) is 0 Å². The molecule has 1 amide bonds. The van der Waals surface area contributed by atoms with Crippen LogP contribution in [0.1, 0.15) is 38.2 Å². The molecule has 5 heteroatoms. The Morgan fingerprint density at radius 2 is 1.77 bits per heavy atom. The Morgan fingerprint density at radius 3 is 2.42 bits per heavy atom. The van der Waals surface area contributed by atoms with Crippen molar-refractivity contribution in [3.63, 3.8) is 0 Å². The Labute approximate surface area is 182 Å². The first-order valence-corrected chi connectivity index (χ1v) is 10.0. The number of nitrogens with zero attached hydrogens (tertiary/aromatic N) is 1. The molecule has 0 bridgehead atoms.